The van der Waals surface area contributed by atoms with Crippen LogP contribution < -0.4 is 5.43 Å². The van der Waals surface area contributed by atoms with Gasteiger partial charge in [-0.1, -0.05) is 73.8 Å². The first-order chi connectivity index (χ1) is 15.3. The van der Waals surface area contributed by atoms with E-state index in [9.17, 15) is 13.2 Å². The molecule has 0 aromatic heterocycles. The Bertz CT molecular complexity index is 1220. The number of amides is 1. The van der Waals surface area contributed by atoms with E-state index in [1.807, 2.05) is 24.3 Å². The third-order valence-corrected chi connectivity index (χ3v) is 7.65. The highest BCUT2D eigenvalue weighted by Crippen LogP contribution is 2.21. The lowest BCUT2D eigenvalue weighted by Crippen LogP contribution is -2.39. The molecule has 0 saturated heterocycles. The zero-order chi connectivity index (χ0) is 23.1. The molecule has 0 radical (unpaired) electrons. The number of halogens is 3. The Morgan fingerprint density at radius 3 is 2.31 bits per heavy atom. The number of carbonyl (C=O) groups excluding carboxylic acids is 1. The molecule has 32 heavy (non-hydrogen) atoms. The van der Waals surface area contributed by atoms with Crippen LogP contribution in [0.1, 0.15) is 11.1 Å². The molecule has 1 N–H and O–H groups in total. The van der Waals surface area contributed by atoms with Gasteiger partial charge >= 0.3 is 0 Å². The van der Waals surface area contributed by atoms with Crippen LogP contribution in [0.25, 0.3) is 0 Å². The van der Waals surface area contributed by atoms with E-state index in [0.717, 1.165) is 18.8 Å². The molecule has 0 spiro atoms. The van der Waals surface area contributed by atoms with E-state index in [1.165, 1.54) is 18.3 Å². The summed E-state index contributed by atoms with van der Waals surface area (Å²) in [7, 11) is -3.95. The zero-order valence-electron chi connectivity index (χ0n) is 16.6. The van der Waals surface area contributed by atoms with E-state index in [1.54, 1.807) is 36.4 Å². The second kappa shape index (κ2) is 11.2. The molecule has 0 saturated carbocycles. The molecule has 3 aromatic rings. The van der Waals surface area contributed by atoms with Gasteiger partial charge in [0.15, 0.2) is 0 Å². The maximum Gasteiger partial charge on any atom is 0.255 e. The van der Waals surface area contributed by atoms with Crippen molar-refractivity contribution in [1.82, 2.24) is 9.73 Å². The van der Waals surface area contributed by atoms with Crippen LogP contribution in [0, 0.1) is 0 Å². The zero-order valence-corrected chi connectivity index (χ0v) is 21.3. The Morgan fingerprint density at radius 2 is 1.66 bits per heavy atom. The summed E-state index contributed by atoms with van der Waals surface area (Å²) in [5.41, 5.74) is 3.86. The van der Waals surface area contributed by atoms with Crippen molar-refractivity contribution in [2.24, 2.45) is 5.10 Å². The van der Waals surface area contributed by atoms with Crippen LogP contribution in [0.2, 0.25) is 5.02 Å². The van der Waals surface area contributed by atoms with E-state index in [4.69, 9.17) is 11.6 Å². The van der Waals surface area contributed by atoms with Crippen LogP contribution in [0.5, 0.6) is 0 Å². The molecule has 0 unspecified atom stereocenters. The van der Waals surface area contributed by atoms with Crippen molar-refractivity contribution in [2.75, 3.05) is 6.54 Å². The Morgan fingerprint density at radius 1 is 1.00 bits per heavy atom. The van der Waals surface area contributed by atoms with Crippen LogP contribution in [0.15, 0.2) is 91.7 Å². The van der Waals surface area contributed by atoms with Crippen molar-refractivity contribution >= 4 is 65.6 Å². The first-order valence-corrected chi connectivity index (χ1v) is 12.7. The minimum atomic E-state index is -3.95. The van der Waals surface area contributed by atoms with Crippen molar-refractivity contribution in [3.8, 4) is 0 Å². The number of benzene rings is 3. The average molecular weight is 600 g/mol. The van der Waals surface area contributed by atoms with E-state index in [2.05, 4.69) is 42.4 Å². The van der Waals surface area contributed by atoms with Crippen molar-refractivity contribution in [3.63, 3.8) is 0 Å². The predicted octanol–water partition coefficient (Wildman–Crippen LogP) is 5.21. The Kier molecular flexibility index (Phi) is 8.61. The molecule has 6 nitrogen and oxygen atoms in total. The maximum atomic E-state index is 13.3. The number of rotatable bonds is 8. The Hall–Kier alpha value is -2.04. The van der Waals surface area contributed by atoms with E-state index in [0.29, 0.717) is 10.6 Å². The number of hydrogen-bond acceptors (Lipinski definition) is 4. The normalized spacial score (nSPS) is 11.8. The molecule has 166 valence electrons. The lowest BCUT2D eigenvalue weighted by Gasteiger charge is -2.21. The van der Waals surface area contributed by atoms with Gasteiger partial charge in [0.25, 0.3) is 5.91 Å². The third-order valence-electron chi connectivity index (χ3n) is 4.34. The number of nitrogens with one attached hydrogen (secondary N) is 1. The summed E-state index contributed by atoms with van der Waals surface area (Å²) in [4.78, 5) is 12.6. The van der Waals surface area contributed by atoms with Crippen molar-refractivity contribution in [2.45, 2.75) is 11.4 Å². The molecule has 0 aliphatic carbocycles. The quantitative estimate of drug-likeness (QED) is 0.286. The summed E-state index contributed by atoms with van der Waals surface area (Å²) in [6.07, 6.45) is 1.48. The third kappa shape index (κ3) is 6.73. The monoisotopic (exact) mass is 597 g/mol. The minimum Gasteiger partial charge on any atom is -0.272 e. The number of nitrogens with zero attached hydrogens (tertiary/aromatic N) is 2. The molecule has 3 aromatic carbocycles. The fourth-order valence-corrected chi connectivity index (χ4v) is 4.89. The summed E-state index contributed by atoms with van der Waals surface area (Å²) < 4.78 is 29.2. The molecule has 0 heterocycles. The van der Waals surface area contributed by atoms with E-state index >= 15 is 0 Å². The molecule has 10 heteroatoms. The highest BCUT2D eigenvalue weighted by atomic mass is 79.9. The van der Waals surface area contributed by atoms with Crippen LogP contribution in [0.3, 0.4) is 0 Å². The van der Waals surface area contributed by atoms with Crippen molar-refractivity contribution in [1.29, 1.82) is 0 Å². The lowest BCUT2D eigenvalue weighted by atomic mass is 10.2. The summed E-state index contributed by atoms with van der Waals surface area (Å²) in [6, 6.07) is 20.4. The SMILES string of the molecule is O=C(CN(Cc1ccc(Cl)cc1)S(=O)(=O)c1ccc(Br)cc1)N/N=C\c1ccccc1Br. The first-order valence-electron chi connectivity index (χ1n) is 9.32. The molecule has 0 atom stereocenters. The van der Waals surface area contributed by atoms with E-state index in [-0.39, 0.29) is 11.4 Å². The topological polar surface area (TPSA) is 78.8 Å². The molecule has 3 rings (SSSR count). The predicted molar refractivity (Wildman–Crippen MR) is 133 cm³/mol. The Balaban J connectivity index is 1.80. The van der Waals surface area contributed by atoms with Gasteiger partial charge in [-0.05, 0) is 48.0 Å². The number of hydrogen-bond donors (Lipinski definition) is 1. The lowest BCUT2D eigenvalue weighted by molar-refractivity contribution is -0.121. The van der Waals surface area contributed by atoms with Gasteiger partial charge < -0.3 is 0 Å². The average Bonchev–Trinajstić information content (AvgIpc) is 2.76. The number of carbonyl (C=O) groups is 1. The maximum absolute atomic E-state index is 13.3. The molecule has 0 bridgehead atoms. The summed E-state index contributed by atoms with van der Waals surface area (Å²) >= 11 is 12.6. The standard InChI is InChI=1S/C22H18Br2ClN3O3S/c23-18-7-11-20(12-8-18)32(30,31)28(14-16-5-9-19(25)10-6-16)15-22(29)27-26-13-17-3-1-2-4-21(17)24/h1-13H,14-15H2,(H,27,29)/b26-13-. The first kappa shape index (κ1) is 24.6. The van der Waals surface area contributed by atoms with Gasteiger partial charge in [0, 0.05) is 26.1 Å². The van der Waals surface area contributed by atoms with Crippen molar-refractivity contribution < 1.29 is 13.2 Å². The molecule has 0 aliphatic rings. The van der Waals surface area contributed by atoms with E-state index < -0.39 is 22.5 Å². The van der Waals surface area contributed by atoms with Crippen molar-refractivity contribution in [3.05, 3.63) is 97.9 Å². The number of sulfonamides is 1. The second-order valence-electron chi connectivity index (χ2n) is 6.67. The van der Waals surface area contributed by atoms with Gasteiger partial charge in [-0.2, -0.15) is 9.41 Å². The van der Waals surface area contributed by atoms with Gasteiger partial charge in [-0.25, -0.2) is 13.8 Å². The Labute approximate surface area is 208 Å². The van der Waals surface area contributed by atoms with Gasteiger partial charge in [0.05, 0.1) is 17.7 Å². The van der Waals surface area contributed by atoms with Crippen LogP contribution in [-0.4, -0.2) is 31.4 Å². The molecule has 0 fully saturated rings. The summed E-state index contributed by atoms with van der Waals surface area (Å²) in [5, 5.41) is 4.48. The number of hydrazone groups is 1. The highest BCUT2D eigenvalue weighted by Gasteiger charge is 2.27. The largest absolute Gasteiger partial charge is 0.272 e. The highest BCUT2D eigenvalue weighted by molar-refractivity contribution is 9.10. The fourth-order valence-electron chi connectivity index (χ4n) is 2.72. The summed E-state index contributed by atoms with van der Waals surface area (Å²) in [6.45, 7) is -0.411. The van der Waals surface area contributed by atoms with Gasteiger partial charge in [0.1, 0.15) is 0 Å². The van der Waals surface area contributed by atoms with Crippen LogP contribution in [-0.2, 0) is 21.4 Å². The smallest absolute Gasteiger partial charge is 0.255 e. The van der Waals surface area contributed by atoms with Crippen LogP contribution >= 0.6 is 43.5 Å². The van der Waals surface area contributed by atoms with Crippen LogP contribution in [0.4, 0.5) is 0 Å². The van der Waals surface area contributed by atoms with Gasteiger partial charge in [-0.15, -0.1) is 0 Å². The molecular formula is C22H18Br2ClN3O3S. The summed E-state index contributed by atoms with van der Waals surface area (Å²) in [5.74, 6) is -0.567. The molecular weight excluding hydrogens is 582 g/mol. The van der Waals surface area contributed by atoms with Gasteiger partial charge in [0.2, 0.25) is 10.0 Å². The second-order valence-corrected chi connectivity index (χ2v) is 10.8. The molecule has 0 aliphatic heterocycles. The minimum absolute atomic E-state index is 0.00304. The van der Waals surface area contributed by atoms with Gasteiger partial charge in [-0.3, -0.25) is 4.79 Å². The fraction of sp³-hybridized carbons (Fsp3) is 0.0909. The molecule has 1 amide bonds.